The molecule has 2 unspecified atom stereocenters. The maximum atomic E-state index is 11.1. The molecule has 0 radical (unpaired) electrons. The average Bonchev–Trinajstić information content (AvgIpc) is 3.83. The van der Waals surface area contributed by atoms with E-state index in [2.05, 4.69) is 56.8 Å². The molecule has 4 aliphatic heterocycles. The number of hydrogen-bond acceptors (Lipinski definition) is 8. The number of amides is 2. The first-order valence-corrected chi connectivity index (χ1v) is 15.2. The molecular weight excluding hydrogens is 534 g/mol. The highest BCUT2D eigenvalue weighted by Gasteiger charge is 2.46. The maximum Gasteiger partial charge on any atom is 0.407 e. The van der Waals surface area contributed by atoms with Crippen LogP contribution in [0.3, 0.4) is 0 Å². The number of likely N-dealkylation sites (tertiary alicyclic amines) is 2. The Hall–Kier alpha value is -3.18. The van der Waals surface area contributed by atoms with Crippen LogP contribution in [0.1, 0.15) is 49.7 Å². The Morgan fingerprint density at radius 1 is 0.714 bits per heavy atom. The standard InChI is InChI=1S/C13H16N2O2.C12H18N2O.C7H11NO2/c16-12-14-9-13(17-12)6-7-15(10-13)8-11-4-2-1-3-5-11;13-9-12(15)6-7-14(10-12)8-11-4-2-1-3-5-11;9-6-8-5-7(10-6)3-1-2-4-7/h1-5H,6-10H2,(H,14,16);1-5,15H,6-10,13H2;1-5H2,(H,8,9). The van der Waals surface area contributed by atoms with Gasteiger partial charge in [0.05, 0.1) is 18.7 Å². The fraction of sp³-hybridized carbons (Fsp3) is 0.562. The summed E-state index contributed by atoms with van der Waals surface area (Å²) >= 11 is 0. The fourth-order valence-corrected chi connectivity index (χ4v) is 6.52. The molecule has 2 spiro atoms. The minimum Gasteiger partial charge on any atom is -0.441 e. The van der Waals surface area contributed by atoms with E-state index < -0.39 is 5.60 Å². The largest absolute Gasteiger partial charge is 0.441 e. The molecule has 2 atom stereocenters. The van der Waals surface area contributed by atoms with Gasteiger partial charge in [0.15, 0.2) is 0 Å². The topological polar surface area (TPSA) is 129 Å². The van der Waals surface area contributed by atoms with Gasteiger partial charge >= 0.3 is 12.2 Å². The first kappa shape index (κ1) is 30.3. The zero-order valence-corrected chi connectivity index (χ0v) is 24.4. The summed E-state index contributed by atoms with van der Waals surface area (Å²) in [4.78, 5) is 26.4. The smallest absolute Gasteiger partial charge is 0.407 e. The number of alkyl carbamates (subject to hydrolysis) is 2. The lowest BCUT2D eigenvalue weighted by Gasteiger charge is -2.21. The number of carbonyl (C=O) groups is 2. The molecule has 4 saturated heterocycles. The lowest BCUT2D eigenvalue weighted by molar-refractivity contribution is 0.0572. The molecule has 0 bridgehead atoms. The van der Waals surface area contributed by atoms with E-state index in [4.69, 9.17) is 15.2 Å². The average molecular weight is 580 g/mol. The summed E-state index contributed by atoms with van der Waals surface area (Å²) in [6, 6.07) is 20.7. The zero-order chi connectivity index (χ0) is 29.5. The van der Waals surface area contributed by atoms with Crippen molar-refractivity contribution in [1.82, 2.24) is 20.4 Å². The summed E-state index contributed by atoms with van der Waals surface area (Å²) in [7, 11) is 0. The Morgan fingerprint density at radius 3 is 1.69 bits per heavy atom. The quantitative estimate of drug-likeness (QED) is 0.426. The van der Waals surface area contributed by atoms with Crippen LogP contribution in [0.4, 0.5) is 9.59 Å². The van der Waals surface area contributed by atoms with E-state index in [1.165, 1.54) is 24.0 Å². The second-order valence-corrected chi connectivity index (χ2v) is 12.4. The lowest BCUT2D eigenvalue weighted by atomic mass is 10.0. The van der Waals surface area contributed by atoms with Crippen LogP contribution in [0.5, 0.6) is 0 Å². The highest BCUT2D eigenvalue weighted by Crippen LogP contribution is 2.35. The molecule has 228 valence electrons. The lowest BCUT2D eigenvalue weighted by Crippen LogP contribution is -2.40. The molecule has 2 amide bonds. The molecule has 5 N–H and O–H groups in total. The van der Waals surface area contributed by atoms with E-state index in [0.717, 1.165) is 65.0 Å². The van der Waals surface area contributed by atoms with Gasteiger partial charge in [-0.05, 0) is 43.2 Å². The molecule has 0 aromatic heterocycles. The molecule has 2 aromatic carbocycles. The van der Waals surface area contributed by atoms with Gasteiger partial charge in [0.2, 0.25) is 0 Å². The third kappa shape index (κ3) is 8.01. The molecule has 1 aliphatic carbocycles. The number of carbonyl (C=O) groups excluding carboxylic acids is 2. The third-order valence-electron chi connectivity index (χ3n) is 8.93. The van der Waals surface area contributed by atoms with Gasteiger partial charge in [0.25, 0.3) is 0 Å². The first-order valence-electron chi connectivity index (χ1n) is 15.2. The predicted molar refractivity (Wildman–Crippen MR) is 160 cm³/mol. The summed E-state index contributed by atoms with van der Waals surface area (Å²) in [6.45, 7) is 7.02. The van der Waals surface area contributed by atoms with Crippen LogP contribution < -0.4 is 16.4 Å². The highest BCUT2D eigenvalue weighted by atomic mass is 16.6. The normalized spacial score (nSPS) is 28.0. The third-order valence-corrected chi connectivity index (χ3v) is 8.93. The van der Waals surface area contributed by atoms with Gasteiger partial charge in [-0.1, -0.05) is 60.7 Å². The van der Waals surface area contributed by atoms with Crippen molar-refractivity contribution in [2.24, 2.45) is 5.73 Å². The SMILES string of the molecule is NCC1(O)CCN(Cc2ccccc2)C1.O=C1NCC2(CCCC2)O1.O=C1NCC2(CCN(Cc3ccccc3)C2)O1. The number of rotatable bonds is 5. The minimum atomic E-state index is -0.658. The molecular formula is C32H45N5O5. The van der Waals surface area contributed by atoms with Crippen molar-refractivity contribution in [3.63, 3.8) is 0 Å². The van der Waals surface area contributed by atoms with Crippen molar-refractivity contribution in [1.29, 1.82) is 0 Å². The molecule has 10 heteroatoms. The van der Waals surface area contributed by atoms with Crippen molar-refractivity contribution in [2.45, 2.75) is 68.4 Å². The van der Waals surface area contributed by atoms with E-state index in [-0.39, 0.29) is 23.4 Å². The second-order valence-electron chi connectivity index (χ2n) is 12.4. The van der Waals surface area contributed by atoms with Gasteiger partial charge in [0.1, 0.15) is 11.2 Å². The van der Waals surface area contributed by atoms with Crippen LogP contribution in [0, 0.1) is 0 Å². The molecule has 1 saturated carbocycles. The van der Waals surface area contributed by atoms with Crippen LogP contribution >= 0.6 is 0 Å². The van der Waals surface area contributed by atoms with Crippen molar-refractivity contribution in [3.05, 3.63) is 71.8 Å². The molecule has 42 heavy (non-hydrogen) atoms. The summed E-state index contributed by atoms with van der Waals surface area (Å²) in [5, 5.41) is 15.4. The number of nitrogens with one attached hydrogen (secondary N) is 2. The number of nitrogens with two attached hydrogens (primary N) is 1. The second kappa shape index (κ2) is 13.4. The molecule has 2 aromatic rings. The predicted octanol–water partition coefficient (Wildman–Crippen LogP) is 2.99. The van der Waals surface area contributed by atoms with Crippen LogP contribution in [0.15, 0.2) is 60.7 Å². The van der Waals surface area contributed by atoms with Gasteiger partial charge in [-0.15, -0.1) is 0 Å². The number of benzene rings is 2. The summed E-state index contributed by atoms with van der Waals surface area (Å²) < 4.78 is 10.5. The number of aliphatic hydroxyl groups is 1. The van der Waals surface area contributed by atoms with Gasteiger partial charge < -0.3 is 30.9 Å². The van der Waals surface area contributed by atoms with Crippen molar-refractivity contribution in [2.75, 3.05) is 45.8 Å². The molecule has 4 heterocycles. The number of hydrogen-bond donors (Lipinski definition) is 4. The van der Waals surface area contributed by atoms with E-state index in [1.807, 2.05) is 24.3 Å². The molecule has 5 aliphatic rings. The van der Waals surface area contributed by atoms with E-state index in [9.17, 15) is 14.7 Å². The zero-order valence-electron chi connectivity index (χ0n) is 24.4. The van der Waals surface area contributed by atoms with E-state index in [1.54, 1.807) is 0 Å². The maximum absolute atomic E-state index is 11.1. The first-order chi connectivity index (χ1) is 20.3. The number of ether oxygens (including phenoxy) is 2. The van der Waals surface area contributed by atoms with Gasteiger partial charge in [0, 0.05) is 52.2 Å². The van der Waals surface area contributed by atoms with Crippen molar-refractivity contribution in [3.8, 4) is 0 Å². The summed E-state index contributed by atoms with van der Waals surface area (Å²) in [5.41, 5.74) is 7.11. The monoisotopic (exact) mass is 579 g/mol. The fourth-order valence-electron chi connectivity index (χ4n) is 6.52. The minimum absolute atomic E-state index is 0.100. The van der Waals surface area contributed by atoms with Gasteiger partial charge in [-0.25, -0.2) is 9.59 Å². The molecule has 5 fully saturated rings. The molecule has 10 nitrogen and oxygen atoms in total. The highest BCUT2D eigenvalue weighted by molar-refractivity contribution is 5.70. The number of nitrogens with zero attached hydrogens (tertiary/aromatic N) is 2. The van der Waals surface area contributed by atoms with E-state index in [0.29, 0.717) is 19.6 Å². The number of β-amino-alcohol motifs (C(OH)–C–C–N with tert-alkyl or cyclic N) is 1. The Kier molecular flexibility index (Phi) is 9.67. The van der Waals surface area contributed by atoms with Crippen LogP contribution in [0.2, 0.25) is 0 Å². The van der Waals surface area contributed by atoms with Crippen LogP contribution in [-0.4, -0.2) is 89.7 Å². The Labute approximate surface area is 248 Å². The Balaban J connectivity index is 0.000000130. The van der Waals surface area contributed by atoms with E-state index >= 15 is 0 Å². The summed E-state index contributed by atoms with van der Waals surface area (Å²) in [6.07, 6.45) is 5.71. The molecule has 7 rings (SSSR count). The summed E-state index contributed by atoms with van der Waals surface area (Å²) in [5.74, 6) is 0. The van der Waals surface area contributed by atoms with Crippen molar-refractivity contribution < 1.29 is 24.2 Å². The van der Waals surface area contributed by atoms with Crippen LogP contribution in [-0.2, 0) is 22.6 Å². The van der Waals surface area contributed by atoms with Gasteiger partial charge in [-0.2, -0.15) is 0 Å². The van der Waals surface area contributed by atoms with Gasteiger partial charge in [-0.3, -0.25) is 9.80 Å². The van der Waals surface area contributed by atoms with Crippen molar-refractivity contribution >= 4 is 12.2 Å². The Bertz CT molecular complexity index is 1180. The Morgan fingerprint density at radius 2 is 1.21 bits per heavy atom. The van der Waals surface area contributed by atoms with Crippen LogP contribution in [0.25, 0.3) is 0 Å².